The Morgan fingerprint density at radius 3 is 2.35 bits per heavy atom. The Bertz CT molecular complexity index is 795. The van der Waals surface area contributed by atoms with E-state index < -0.39 is 0 Å². The summed E-state index contributed by atoms with van der Waals surface area (Å²) in [6.45, 7) is 0.283. The zero-order valence-corrected chi connectivity index (χ0v) is 14.6. The number of tetrazole rings is 1. The number of halogens is 1. The van der Waals surface area contributed by atoms with Crippen LogP contribution >= 0.6 is 0 Å². The Morgan fingerprint density at radius 1 is 1.12 bits per heavy atom. The predicted molar refractivity (Wildman–Crippen MR) is 91.6 cm³/mol. The third-order valence-corrected chi connectivity index (χ3v) is 6.53. The summed E-state index contributed by atoms with van der Waals surface area (Å²) in [7, 11) is 0. The second-order valence-corrected chi connectivity index (χ2v) is 8.36. The van der Waals surface area contributed by atoms with Gasteiger partial charge in [-0.3, -0.25) is 4.79 Å². The minimum atomic E-state index is -0.307. The summed E-state index contributed by atoms with van der Waals surface area (Å²) in [6, 6.07) is 5.98. The zero-order chi connectivity index (χ0) is 17.7. The molecule has 4 aliphatic rings. The molecule has 0 unspecified atom stereocenters. The van der Waals surface area contributed by atoms with E-state index in [1.54, 1.807) is 16.8 Å². The lowest BCUT2D eigenvalue weighted by molar-refractivity contribution is -0.146. The predicted octanol–water partition coefficient (Wildman–Crippen LogP) is 2.63. The van der Waals surface area contributed by atoms with E-state index >= 15 is 0 Å². The molecule has 0 radical (unpaired) electrons. The van der Waals surface area contributed by atoms with Gasteiger partial charge in [0.2, 0.25) is 5.91 Å². The Morgan fingerprint density at radius 2 is 1.73 bits per heavy atom. The molecule has 6 nitrogen and oxygen atoms in total. The van der Waals surface area contributed by atoms with E-state index in [-0.39, 0.29) is 23.7 Å². The first kappa shape index (κ1) is 15.9. The molecule has 1 aromatic carbocycles. The summed E-state index contributed by atoms with van der Waals surface area (Å²) < 4.78 is 14.7. The highest BCUT2D eigenvalue weighted by Crippen LogP contribution is 2.60. The highest BCUT2D eigenvalue weighted by atomic mass is 19.1. The summed E-state index contributed by atoms with van der Waals surface area (Å²) in [6.07, 6.45) is 7.05. The zero-order valence-electron chi connectivity index (χ0n) is 14.6. The fraction of sp³-hybridized carbons (Fsp3) is 0.579. The van der Waals surface area contributed by atoms with Crippen molar-refractivity contribution in [1.82, 2.24) is 25.5 Å². The van der Waals surface area contributed by atoms with Crippen molar-refractivity contribution in [3.05, 3.63) is 35.9 Å². The molecule has 0 atom stereocenters. The summed E-state index contributed by atoms with van der Waals surface area (Å²) in [5.74, 6) is 2.60. The molecule has 4 saturated carbocycles. The monoisotopic (exact) mass is 355 g/mol. The van der Waals surface area contributed by atoms with Gasteiger partial charge in [0.15, 0.2) is 5.82 Å². The standard InChI is InChI=1S/C19H22FN5O/c20-15-1-3-16(4-2-15)25-17(22-23-24-25)11-21-18(26)19-8-12-5-13(9-19)7-14(6-12)10-19/h1-4,12-14H,5-11H2,(H,21,26). The summed E-state index contributed by atoms with van der Waals surface area (Å²) in [4.78, 5) is 13.0. The van der Waals surface area contributed by atoms with Gasteiger partial charge in [-0.25, -0.2) is 4.39 Å². The number of aromatic nitrogens is 4. The smallest absolute Gasteiger partial charge is 0.226 e. The Balaban J connectivity index is 1.31. The van der Waals surface area contributed by atoms with E-state index in [4.69, 9.17) is 0 Å². The van der Waals surface area contributed by atoms with E-state index in [9.17, 15) is 9.18 Å². The molecule has 0 saturated heterocycles. The summed E-state index contributed by atoms with van der Waals surface area (Å²) >= 11 is 0. The average molecular weight is 355 g/mol. The molecule has 1 N–H and O–H groups in total. The summed E-state index contributed by atoms with van der Waals surface area (Å²) in [5, 5.41) is 14.8. The molecule has 136 valence electrons. The molecule has 0 spiro atoms. The van der Waals surface area contributed by atoms with Crippen LogP contribution in [0.1, 0.15) is 44.3 Å². The first-order valence-electron chi connectivity index (χ1n) is 9.43. The first-order chi connectivity index (χ1) is 12.6. The quantitative estimate of drug-likeness (QED) is 0.915. The molecular formula is C19H22FN5O. The van der Waals surface area contributed by atoms with Gasteiger partial charge < -0.3 is 5.32 Å². The van der Waals surface area contributed by atoms with Gasteiger partial charge in [-0.2, -0.15) is 4.68 Å². The maximum absolute atomic E-state index is 13.1. The van der Waals surface area contributed by atoms with E-state index in [2.05, 4.69) is 20.8 Å². The Hall–Kier alpha value is -2.31. The highest BCUT2D eigenvalue weighted by Gasteiger charge is 2.54. The van der Waals surface area contributed by atoms with Crippen LogP contribution in [0.4, 0.5) is 4.39 Å². The third-order valence-electron chi connectivity index (χ3n) is 6.53. The SMILES string of the molecule is O=C(NCc1nnnn1-c1ccc(F)cc1)C12CC3CC(CC(C3)C1)C2. The maximum atomic E-state index is 13.1. The summed E-state index contributed by atoms with van der Waals surface area (Å²) in [5.41, 5.74) is 0.499. The van der Waals surface area contributed by atoms with E-state index in [1.165, 1.54) is 31.4 Å². The van der Waals surface area contributed by atoms with Crippen LogP contribution < -0.4 is 5.32 Å². The number of amides is 1. The van der Waals surface area contributed by atoms with E-state index in [0.29, 0.717) is 11.5 Å². The average Bonchev–Trinajstić information content (AvgIpc) is 3.07. The van der Waals surface area contributed by atoms with Crippen molar-refractivity contribution in [1.29, 1.82) is 0 Å². The number of hydrogen-bond donors (Lipinski definition) is 1. The number of nitrogens with zero attached hydrogens (tertiary/aromatic N) is 4. The Labute approximate surface area is 151 Å². The lowest BCUT2D eigenvalue weighted by Crippen LogP contribution is -2.53. The second-order valence-electron chi connectivity index (χ2n) is 8.36. The fourth-order valence-corrected chi connectivity index (χ4v) is 5.83. The molecule has 4 bridgehead atoms. The number of carbonyl (C=O) groups is 1. The van der Waals surface area contributed by atoms with Crippen LogP contribution in [0.15, 0.2) is 24.3 Å². The highest BCUT2D eigenvalue weighted by molar-refractivity contribution is 5.83. The molecule has 1 aromatic heterocycles. The molecule has 2 aromatic rings. The molecule has 6 rings (SSSR count). The van der Waals surface area contributed by atoms with Gasteiger partial charge >= 0.3 is 0 Å². The van der Waals surface area contributed by atoms with Crippen molar-refractivity contribution in [2.45, 2.75) is 45.1 Å². The number of hydrogen-bond acceptors (Lipinski definition) is 4. The number of nitrogens with one attached hydrogen (secondary N) is 1. The lowest BCUT2D eigenvalue weighted by atomic mass is 9.49. The van der Waals surface area contributed by atoms with E-state index in [1.807, 2.05) is 0 Å². The van der Waals surface area contributed by atoms with Gasteiger partial charge in [-0.05, 0) is 91.0 Å². The number of carbonyl (C=O) groups excluding carboxylic acids is 1. The van der Waals surface area contributed by atoms with Crippen LogP contribution in [-0.2, 0) is 11.3 Å². The normalized spacial score (nSPS) is 32.0. The van der Waals surface area contributed by atoms with Crippen molar-refractivity contribution >= 4 is 5.91 Å². The molecule has 26 heavy (non-hydrogen) atoms. The Kier molecular flexibility index (Phi) is 3.58. The van der Waals surface area contributed by atoms with Crippen molar-refractivity contribution in [3.63, 3.8) is 0 Å². The first-order valence-corrected chi connectivity index (χ1v) is 9.43. The van der Waals surface area contributed by atoms with Crippen molar-refractivity contribution < 1.29 is 9.18 Å². The third kappa shape index (κ3) is 2.61. The van der Waals surface area contributed by atoms with Crippen molar-refractivity contribution in [2.75, 3.05) is 0 Å². The number of benzene rings is 1. The van der Waals surface area contributed by atoms with Crippen LogP contribution in [0.3, 0.4) is 0 Å². The largest absolute Gasteiger partial charge is 0.348 e. The van der Waals surface area contributed by atoms with E-state index in [0.717, 1.165) is 37.0 Å². The van der Waals surface area contributed by atoms with Crippen LogP contribution in [0.25, 0.3) is 5.69 Å². The van der Waals surface area contributed by atoms with Gasteiger partial charge in [-0.1, -0.05) is 0 Å². The van der Waals surface area contributed by atoms with Crippen molar-refractivity contribution in [2.24, 2.45) is 23.2 Å². The van der Waals surface area contributed by atoms with Crippen LogP contribution in [0.2, 0.25) is 0 Å². The molecule has 1 heterocycles. The maximum Gasteiger partial charge on any atom is 0.226 e. The van der Waals surface area contributed by atoms with Crippen molar-refractivity contribution in [3.8, 4) is 5.69 Å². The minimum Gasteiger partial charge on any atom is -0.348 e. The molecule has 1 amide bonds. The van der Waals surface area contributed by atoms with Gasteiger partial charge in [0.1, 0.15) is 5.82 Å². The molecule has 4 aliphatic carbocycles. The topological polar surface area (TPSA) is 72.7 Å². The molecule has 4 fully saturated rings. The minimum absolute atomic E-state index is 0.158. The molecular weight excluding hydrogens is 333 g/mol. The van der Waals surface area contributed by atoms with Crippen LogP contribution in [0, 0.1) is 29.0 Å². The number of rotatable bonds is 4. The van der Waals surface area contributed by atoms with Gasteiger partial charge in [0.25, 0.3) is 0 Å². The molecule has 7 heteroatoms. The van der Waals surface area contributed by atoms with Gasteiger partial charge in [0, 0.05) is 5.41 Å². The van der Waals surface area contributed by atoms with Crippen LogP contribution in [0.5, 0.6) is 0 Å². The van der Waals surface area contributed by atoms with Gasteiger partial charge in [-0.15, -0.1) is 5.10 Å². The molecule has 0 aliphatic heterocycles. The van der Waals surface area contributed by atoms with Gasteiger partial charge in [0.05, 0.1) is 12.2 Å². The fourth-order valence-electron chi connectivity index (χ4n) is 5.83. The second kappa shape index (κ2) is 5.86. The van der Waals surface area contributed by atoms with Crippen LogP contribution in [-0.4, -0.2) is 26.1 Å². The lowest BCUT2D eigenvalue weighted by Gasteiger charge is -2.55.